The van der Waals surface area contributed by atoms with Gasteiger partial charge in [-0.05, 0) is 42.7 Å². The summed E-state index contributed by atoms with van der Waals surface area (Å²) >= 11 is 5.97. The van der Waals surface area contributed by atoms with Crippen LogP contribution in [0.25, 0.3) is 11.0 Å². The molecule has 0 aromatic carbocycles. The SMILES string of the molecule is CC(C)(C)[Si](C)(C)OC[C@@]1(C)O[C@@H](n2ccc3c(N)nc(Cl)nc32)C[C@@H]1O. The lowest BCUT2D eigenvalue weighted by atomic mass is 10.0. The average Bonchev–Trinajstić information content (AvgIpc) is 3.07. The molecule has 0 radical (unpaired) electrons. The van der Waals surface area contributed by atoms with E-state index in [1.807, 2.05) is 23.8 Å². The van der Waals surface area contributed by atoms with Gasteiger partial charge in [-0.1, -0.05) is 20.8 Å². The number of hydrogen-bond donors (Lipinski definition) is 2. The van der Waals surface area contributed by atoms with Crippen LogP contribution < -0.4 is 5.73 Å². The molecule has 1 aliphatic rings. The van der Waals surface area contributed by atoms with Crippen molar-refractivity contribution in [3.05, 3.63) is 17.5 Å². The molecule has 2 aromatic heterocycles. The summed E-state index contributed by atoms with van der Waals surface area (Å²) in [5, 5.41) is 11.6. The second kappa shape index (κ2) is 6.70. The Kier molecular flexibility index (Phi) is 5.10. The summed E-state index contributed by atoms with van der Waals surface area (Å²) in [4.78, 5) is 8.26. The zero-order valence-electron chi connectivity index (χ0n) is 16.8. The first-order valence-electron chi connectivity index (χ1n) is 9.13. The molecule has 3 rings (SSSR count). The van der Waals surface area contributed by atoms with Crippen molar-refractivity contribution in [3.63, 3.8) is 0 Å². The molecule has 1 saturated heterocycles. The molecule has 0 bridgehead atoms. The topological polar surface area (TPSA) is 95.4 Å². The minimum atomic E-state index is -1.95. The van der Waals surface area contributed by atoms with Crippen LogP contribution in [0.5, 0.6) is 0 Å². The summed E-state index contributed by atoms with van der Waals surface area (Å²) in [7, 11) is -1.95. The molecule has 27 heavy (non-hydrogen) atoms. The third-order valence-corrected chi connectivity index (χ3v) is 10.6. The van der Waals surface area contributed by atoms with Crippen molar-refractivity contribution in [2.45, 2.75) is 70.2 Å². The maximum atomic E-state index is 10.7. The highest BCUT2D eigenvalue weighted by Crippen LogP contribution is 2.42. The zero-order valence-corrected chi connectivity index (χ0v) is 18.5. The second-order valence-electron chi connectivity index (χ2n) is 9.02. The van der Waals surface area contributed by atoms with Gasteiger partial charge in [-0.3, -0.25) is 0 Å². The minimum Gasteiger partial charge on any atom is -0.414 e. The van der Waals surface area contributed by atoms with E-state index >= 15 is 0 Å². The van der Waals surface area contributed by atoms with Gasteiger partial charge in [-0.2, -0.15) is 4.98 Å². The summed E-state index contributed by atoms with van der Waals surface area (Å²) < 4.78 is 14.4. The number of nitrogens with zero attached hydrogens (tertiary/aromatic N) is 3. The molecule has 9 heteroatoms. The summed E-state index contributed by atoms with van der Waals surface area (Å²) in [6.07, 6.45) is 1.24. The first kappa shape index (κ1) is 20.5. The number of rotatable bonds is 4. The number of ether oxygens (including phenoxy) is 1. The number of anilines is 1. The van der Waals surface area contributed by atoms with Crippen molar-refractivity contribution in [1.29, 1.82) is 0 Å². The van der Waals surface area contributed by atoms with Crippen molar-refractivity contribution in [1.82, 2.24) is 14.5 Å². The third kappa shape index (κ3) is 3.73. The molecule has 0 aliphatic carbocycles. The zero-order chi connectivity index (χ0) is 20.2. The molecule has 1 fully saturated rings. The van der Waals surface area contributed by atoms with E-state index in [4.69, 9.17) is 26.5 Å². The third-order valence-electron chi connectivity index (χ3n) is 5.95. The number of aromatic nitrogens is 3. The van der Waals surface area contributed by atoms with Crippen molar-refractivity contribution >= 4 is 36.8 Å². The van der Waals surface area contributed by atoms with Crippen LogP contribution in [0, 0.1) is 0 Å². The summed E-state index contributed by atoms with van der Waals surface area (Å²) in [6.45, 7) is 13.2. The fourth-order valence-electron chi connectivity index (χ4n) is 2.98. The van der Waals surface area contributed by atoms with Crippen LogP contribution in [0.2, 0.25) is 23.4 Å². The van der Waals surface area contributed by atoms with E-state index in [0.29, 0.717) is 29.9 Å². The Morgan fingerprint density at radius 1 is 1.44 bits per heavy atom. The molecule has 0 saturated carbocycles. The van der Waals surface area contributed by atoms with E-state index in [1.54, 1.807) is 0 Å². The van der Waals surface area contributed by atoms with E-state index in [1.165, 1.54) is 0 Å². The van der Waals surface area contributed by atoms with E-state index in [-0.39, 0.29) is 16.5 Å². The summed E-state index contributed by atoms with van der Waals surface area (Å²) in [6, 6.07) is 1.83. The molecule has 2 aromatic rings. The average molecular weight is 413 g/mol. The van der Waals surface area contributed by atoms with Gasteiger partial charge in [0, 0.05) is 12.6 Å². The smallest absolute Gasteiger partial charge is 0.226 e. The molecule has 0 unspecified atom stereocenters. The summed E-state index contributed by atoms with van der Waals surface area (Å²) in [5.41, 5.74) is 5.74. The van der Waals surface area contributed by atoms with Crippen LogP contribution >= 0.6 is 11.6 Å². The van der Waals surface area contributed by atoms with E-state index in [2.05, 4.69) is 43.8 Å². The van der Waals surface area contributed by atoms with Crippen LogP contribution in [0.4, 0.5) is 5.82 Å². The maximum Gasteiger partial charge on any atom is 0.226 e. The van der Waals surface area contributed by atoms with E-state index in [9.17, 15) is 5.11 Å². The quantitative estimate of drug-likeness (QED) is 0.586. The lowest BCUT2D eigenvalue weighted by Gasteiger charge is -2.39. The Labute approximate surface area is 166 Å². The van der Waals surface area contributed by atoms with Crippen LogP contribution in [-0.2, 0) is 9.16 Å². The van der Waals surface area contributed by atoms with Gasteiger partial charge in [0.1, 0.15) is 23.3 Å². The molecule has 0 amide bonds. The summed E-state index contributed by atoms with van der Waals surface area (Å²) in [5.74, 6) is 0.325. The largest absolute Gasteiger partial charge is 0.414 e. The lowest BCUT2D eigenvalue weighted by molar-refractivity contribution is -0.112. The van der Waals surface area contributed by atoms with Gasteiger partial charge in [0.25, 0.3) is 0 Å². The van der Waals surface area contributed by atoms with Crippen LogP contribution in [0.3, 0.4) is 0 Å². The molecule has 7 nitrogen and oxygen atoms in total. The molecule has 0 spiro atoms. The predicted molar refractivity (Wildman–Crippen MR) is 109 cm³/mol. The van der Waals surface area contributed by atoms with Crippen LogP contribution in [0.1, 0.15) is 40.3 Å². The van der Waals surface area contributed by atoms with Crippen molar-refractivity contribution < 1.29 is 14.3 Å². The highest BCUT2D eigenvalue weighted by Gasteiger charge is 2.48. The van der Waals surface area contributed by atoms with Gasteiger partial charge in [0.05, 0.1) is 18.1 Å². The standard InChI is InChI=1S/C18H29ClN4O3Si/c1-17(2,3)27(5,6)25-10-18(4)12(24)9-13(26-18)23-8-7-11-14(20)21-16(19)22-15(11)23/h7-8,12-13,24H,9-10H2,1-6H3,(H2,20,21,22)/t12-,13+,18+/m0/s1. The lowest BCUT2D eigenvalue weighted by Crippen LogP contribution is -2.48. The number of hydrogen-bond acceptors (Lipinski definition) is 6. The predicted octanol–water partition coefficient (Wildman–Crippen LogP) is 3.73. The first-order valence-corrected chi connectivity index (χ1v) is 12.4. The van der Waals surface area contributed by atoms with Crippen molar-refractivity contribution in [3.8, 4) is 0 Å². The van der Waals surface area contributed by atoms with Gasteiger partial charge in [0.15, 0.2) is 8.32 Å². The molecule has 3 N–H and O–H groups in total. The van der Waals surface area contributed by atoms with Gasteiger partial charge in [-0.15, -0.1) is 0 Å². The fraction of sp³-hybridized carbons (Fsp3) is 0.667. The molecule has 3 atom stereocenters. The van der Waals surface area contributed by atoms with Gasteiger partial charge >= 0.3 is 0 Å². The van der Waals surface area contributed by atoms with Crippen LogP contribution in [-0.4, -0.2) is 46.3 Å². The molecule has 1 aliphatic heterocycles. The van der Waals surface area contributed by atoms with E-state index < -0.39 is 20.0 Å². The number of nitrogens with two attached hydrogens (primary N) is 1. The van der Waals surface area contributed by atoms with Crippen molar-refractivity contribution in [2.24, 2.45) is 0 Å². The Morgan fingerprint density at radius 3 is 2.74 bits per heavy atom. The number of fused-ring (bicyclic) bond motifs is 1. The van der Waals surface area contributed by atoms with Gasteiger partial charge < -0.3 is 24.6 Å². The maximum absolute atomic E-state index is 10.7. The normalized spacial score (nSPS) is 26.8. The molecular formula is C18H29ClN4O3Si. The number of aliphatic hydroxyl groups is 1. The Morgan fingerprint density at radius 2 is 2.11 bits per heavy atom. The fourth-order valence-corrected chi connectivity index (χ4v) is 4.23. The van der Waals surface area contributed by atoms with Gasteiger partial charge in [0.2, 0.25) is 5.28 Å². The first-order chi connectivity index (χ1) is 12.3. The highest BCUT2D eigenvalue weighted by atomic mass is 35.5. The molecule has 3 heterocycles. The highest BCUT2D eigenvalue weighted by molar-refractivity contribution is 6.74. The van der Waals surface area contributed by atoms with E-state index in [0.717, 1.165) is 0 Å². The number of halogens is 1. The Balaban J connectivity index is 1.82. The Bertz CT molecular complexity index is 851. The second-order valence-corrected chi connectivity index (χ2v) is 14.2. The monoisotopic (exact) mass is 412 g/mol. The number of aliphatic hydroxyl groups excluding tert-OH is 1. The molecular weight excluding hydrogens is 384 g/mol. The van der Waals surface area contributed by atoms with Gasteiger partial charge in [-0.25, -0.2) is 4.98 Å². The minimum absolute atomic E-state index is 0.0857. The van der Waals surface area contributed by atoms with Crippen LogP contribution in [0.15, 0.2) is 12.3 Å². The van der Waals surface area contributed by atoms with Crippen molar-refractivity contribution in [2.75, 3.05) is 12.3 Å². The molecule has 150 valence electrons. The number of nitrogen functional groups attached to an aromatic ring is 1. The Hall–Kier alpha value is -1.19.